The van der Waals surface area contributed by atoms with Crippen molar-refractivity contribution in [1.82, 2.24) is 4.31 Å². The van der Waals surface area contributed by atoms with Gasteiger partial charge in [-0.2, -0.15) is 4.31 Å². The largest absolute Gasteiger partial charge is 0.469 e. The van der Waals surface area contributed by atoms with Crippen LogP contribution in [0.3, 0.4) is 0 Å². The monoisotopic (exact) mass is 301 g/mol. The van der Waals surface area contributed by atoms with Crippen LogP contribution >= 0.6 is 0 Å². The molecule has 0 amide bonds. The molecule has 110 valence electrons. The Morgan fingerprint density at radius 3 is 2.55 bits per heavy atom. The summed E-state index contributed by atoms with van der Waals surface area (Å²) < 4.78 is 43.7. The van der Waals surface area contributed by atoms with Crippen LogP contribution in [0.4, 0.5) is 4.39 Å². The zero-order valence-electron chi connectivity index (χ0n) is 11.1. The zero-order valence-corrected chi connectivity index (χ0v) is 11.9. The van der Waals surface area contributed by atoms with Gasteiger partial charge in [-0.25, -0.2) is 12.8 Å². The number of benzene rings is 1. The second kappa shape index (κ2) is 5.88. The molecule has 0 saturated carbocycles. The zero-order chi connectivity index (χ0) is 14.8. The van der Waals surface area contributed by atoms with Gasteiger partial charge in [0.25, 0.3) is 0 Å². The molecule has 0 atom stereocenters. The van der Waals surface area contributed by atoms with E-state index in [4.69, 9.17) is 0 Å². The van der Waals surface area contributed by atoms with Crippen LogP contribution in [-0.4, -0.2) is 38.9 Å². The fourth-order valence-electron chi connectivity index (χ4n) is 2.28. The van der Waals surface area contributed by atoms with E-state index in [0.717, 1.165) is 6.07 Å². The third-order valence-corrected chi connectivity index (χ3v) is 5.32. The third kappa shape index (κ3) is 2.99. The van der Waals surface area contributed by atoms with E-state index in [9.17, 15) is 17.6 Å². The highest BCUT2D eigenvalue weighted by Gasteiger charge is 2.32. The SMILES string of the molecule is COC(=O)C1CCN(S(=O)(=O)c2cccc(F)c2)CC1. The highest BCUT2D eigenvalue weighted by molar-refractivity contribution is 7.89. The summed E-state index contributed by atoms with van der Waals surface area (Å²) in [5, 5.41) is 0. The maximum absolute atomic E-state index is 13.1. The minimum atomic E-state index is -3.70. The fraction of sp³-hybridized carbons (Fsp3) is 0.462. The smallest absolute Gasteiger partial charge is 0.308 e. The van der Waals surface area contributed by atoms with Crippen molar-refractivity contribution >= 4 is 16.0 Å². The van der Waals surface area contributed by atoms with Crippen molar-refractivity contribution in [2.24, 2.45) is 5.92 Å². The molecule has 1 fully saturated rings. The summed E-state index contributed by atoms with van der Waals surface area (Å²) in [6.45, 7) is 0.469. The van der Waals surface area contributed by atoms with E-state index in [1.165, 1.54) is 29.6 Å². The standard InChI is InChI=1S/C13H16FNO4S/c1-19-13(16)10-5-7-15(8-6-10)20(17,18)12-4-2-3-11(14)9-12/h2-4,9-10H,5-8H2,1H3. The molecule has 0 bridgehead atoms. The quantitative estimate of drug-likeness (QED) is 0.792. The normalized spacial score (nSPS) is 17.9. The van der Waals surface area contributed by atoms with Gasteiger partial charge in [0, 0.05) is 13.1 Å². The van der Waals surface area contributed by atoms with Crippen LogP contribution in [0.5, 0.6) is 0 Å². The molecule has 0 radical (unpaired) electrons. The first kappa shape index (κ1) is 14.9. The average Bonchev–Trinajstić information content (AvgIpc) is 2.46. The maximum Gasteiger partial charge on any atom is 0.308 e. The Morgan fingerprint density at radius 1 is 1.35 bits per heavy atom. The van der Waals surface area contributed by atoms with Gasteiger partial charge in [0.05, 0.1) is 17.9 Å². The Hall–Kier alpha value is -1.47. The van der Waals surface area contributed by atoms with Gasteiger partial charge in [0.1, 0.15) is 5.82 Å². The van der Waals surface area contributed by atoms with Crippen molar-refractivity contribution in [2.75, 3.05) is 20.2 Å². The van der Waals surface area contributed by atoms with Crippen molar-refractivity contribution in [1.29, 1.82) is 0 Å². The van der Waals surface area contributed by atoms with E-state index in [1.807, 2.05) is 0 Å². The first-order valence-electron chi connectivity index (χ1n) is 6.28. The van der Waals surface area contributed by atoms with Crippen molar-refractivity contribution in [3.8, 4) is 0 Å². The van der Waals surface area contributed by atoms with Crippen LogP contribution in [-0.2, 0) is 19.6 Å². The fourth-order valence-corrected chi connectivity index (χ4v) is 3.78. The number of nitrogens with zero attached hydrogens (tertiary/aromatic N) is 1. The Balaban J connectivity index is 2.11. The van der Waals surface area contributed by atoms with E-state index >= 15 is 0 Å². The maximum atomic E-state index is 13.1. The van der Waals surface area contributed by atoms with Crippen molar-refractivity contribution in [3.05, 3.63) is 30.1 Å². The lowest BCUT2D eigenvalue weighted by molar-refractivity contribution is -0.146. The molecule has 7 heteroatoms. The second-order valence-corrected chi connectivity index (χ2v) is 6.60. The van der Waals surface area contributed by atoms with Crippen LogP contribution in [0, 0.1) is 11.7 Å². The molecule has 1 aromatic carbocycles. The molecule has 0 aliphatic carbocycles. The van der Waals surface area contributed by atoms with Gasteiger partial charge in [-0.15, -0.1) is 0 Å². The van der Waals surface area contributed by atoms with Crippen LogP contribution in [0.1, 0.15) is 12.8 Å². The number of methoxy groups -OCH3 is 1. The number of rotatable bonds is 3. The minimum Gasteiger partial charge on any atom is -0.469 e. The molecule has 5 nitrogen and oxygen atoms in total. The number of sulfonamides is 1. The topological polar surface area (TPSA) is 63.7 Å². The number of piperidine rings is 1. The number of hydrogen-bond donors (Lipinski definition) is 0. The molecular weight excluding hydrogens is 285 g/mol. The predicted octanol–water partition coefficient (Wildman–Crippen LogP) is 1.40. The summed E-state index contributed by atoms with van der Waals surface area (Å²) in [7, 11) is -2.38. The molecule has 1 aliphatic rings. The molecule has 2 rings (SSSR count). The molecule has 1 heterocycles. The first-order chi connectivity index (χ1) is 9.45. The first-order valence-corrected chi connectivity index (χ1v) is 7.72. The number of halogens is 1. The van der Waals surface area contributed by atoms with Gasteiger partial charge in [-0.05, 0) is 31.0 Å². The molecule has 0 unspecified atom stereocenters. The van der Waals surface area contributed by atoms with E-state index in [-0.39, 0.29) is 29.9 Å². The lowest BCUT2D eigenvalue weighted by Crippen LogP contribution is -2.40. The van der Waals surface area contributed by atoms with E-state index in [2.05, 4.69) is 4.74 Å². The number of carbonyl (C=O) groups excluding carboxylic acids is 1. The van der Waals surface area contributed by atoms with E-state index in [0.29, 0.717) is 12.8 Å². The van der Waals surface area contributed by atoms with E-state index < -0.39 is 15.8 Å². The lowest BCUT2D eigenvalue weighted by Gasteiger charge is -2.29. The number of carbonyl (C=O) groups is 1. The summed E-state index contributed by atoms with van der Waals surface area (Å²) in [5.74, 6) is -1.16. The molecule has 0 aromatic heterocycles. The molecule has 1 saturated heterocycles. The highest BCUT2D eigenvalue weighted by Crippen LogP contribution is 2.24. The average molecular weight is 301 g/mol. The number of hydrogen-bond acceptors (Lipinski definition) is 4. The minimum absolute atomic E-state index is 0.0611. The van der Waals surface area contributed by atoms with Gasteiger partial charge < -0.3 is 4.74 Å². The van der Waals surface area contributed by atoms with Gasteiger partial charge in [-0.1, -0.05) is 6.07 Å². The van der Waals surface area contributed by atoms with Crippen LogP contribution in [0.15, 0.2) is 29.2 Å². The summed E-state index contributed by atoms with van der Waals surface area (Å²) >= 11 is 0. The summed E-state index contributed by atoms with van der Waals surface area (Å²) in [4.78, 5) is 11.3. The van der Waals surface area contributed by atoms with Crippen molar-refractivity contribution < 1.29 is 22.3 Å². The molecular formula is C13H16FNO4S. The van der Waals surface area contributed by atoms with Crippen LogP contribution in [0.2, 0.25) is 0 Å². The molecule has 20 heavy (non-hydrogen) atoms. The number of ether oxygens (including phenoxy) is 1. The van der Waals surface area contributed by atoms with Gasteiger partial charge >= 0.3 is 5.97 Å². The van der Waals surface area contributed by atoms with Crippen molar-refractivity contribution in [2.45, 2.75) is 17.7 Å². The summed E-state index contributed by atoms with van der Waals surface area (Å²) in [6.07, 6.45) is 0.836. The van der Waals surface area contributed by atoms with Crippen LogP contribution < -0.4 is 0 Å². The van der Waals surface area contributed by atoms with Gasteiger partial charge in [0.2, 0.25) is 10.0 Å². The third-order valence-electron chi connectivity index (χ3n) is 3.42. The lowest BCUT2D eigenvalue weighted by atomic mass is 9.99. The van der Waals surface area contributed by atoms with Crippen molar-refractivity contribution in [3.63, 3.8) is 0 Å². The van der Waals surface area contributed by atoms with E-state index in [1.54, 1.807) is 0 Å². The van der Waals surface area contributed by atoms with Gasteiger partial charge in [0.15, 0.2) is 0 Å². The Morgan fingerprint density at radius 2 is 2.00 bits per heavy atom. The molecule has 1 aliphatic heterocycles. The summed E-state index contributed by atoms with van der Waals surface area (Å²) in [5.41, 5.74) is 0. The Kier molecular flexibility index (Phi) is 4.39. The Labute approximate surface area is 117 Å². The molecule has 0 N–H and O–H groups in total. The predicted molar refractivity (Wildman–Crippen MR) is 69.9 cm³/mol. The molecule has 0 spiro atoms. The van der Waals surface area contributed by atoms with Crippen LogP contribution in [0.25, 0.3) is 0 Å². The van der Waals surface area contributed by atoms with Gasteiger partial charge in [-0.3, -0.25) is 4.79 Å². The summed E-state index contributed by atoms with van der Waals surface area (Å²) in [6, 6.07) is 4.93. The Bertz CT molecular complexity index is 594. The second-order valence-electron chi connectivity index (χ2n) is 4.66. The highest BCUT2D eigenvalue weighted by atomic mass is 32.2. The number of esters is 1. The molecule has 1 aromatic rings.